The molecule has 0 radical (unpaired) electrons. The van der Waals surface area contributed by atoms with Crippen LogP contribution in [0.1, 0.15) is 46.1 Å². The maximum absolute atomic E-state index is 6.19. The van der Waals surface area contributed by atoms with Gasteiger partial charge in [0.15, 0.2) is 6.29 Å². The molecule has 0 unspecified atom stereocenters. The molecule has 3 heteroatoms. The van der Waals surface area contributed by atoms with Crippen molar-refractivity contribution in [3.8, 4) is 0 Å². The molecule has 1 aliphatic heterocycles. The van der Waals surface area contributed by atoms with Gasteiger partial charge in [-0.1, -0.05) is 57.5 Å². The Labute approximate surface area is 135 Å². The van der Waals surface area contributed by atoms with Crippen molar-refractivity contribution in [2.24, 2.45) is 11.8 Å². The second kappa shape index (κ2) is 8.66. The highest BCUT2D eigenvalue weighted by Crippen LogP contribution is 2.33. The third kappa shape index (κ3) is 4.55. The summed E-state index contributed by atoms with van der Waals surface area (Å²) < 4.78 is 18.2. The number of ether oxygens (including phenoxy) is 3. The molecule has 3 nitrogen and oxygen atoms in total. The monoisotopic (exact) mass is 306 g/mol. The van der Waals surface area contributed by atoms with E-state index in [2.05, 4.69) is 39.8 Å². The molecule has 1 aromatic carbocycles. The third-order valence-corrected chi connectivity index (χ3v) is 4.77. The number of hydrogen-bond donors (Lipinski definition) is 0. The van der Waals surface area contributed by atoms with Crippen LogP contribution in [-0.4, -0.2) is 25.1 Å². The topological polar surface area (TPSA) is 27.7 Å². The van der Waals surface area contributed by atoms with Crippen LogP contribution in [0.15, 0.2) is 30.3 Å². The predicted molar refractivity (Wildman–Crippen MR) is 88.5 cm³/mol. The normalized spacial score (nSPS) is 32.1. The van der Waals surface area contributed by atoms with E-state index in [0.717, 1.165) is 19.4 Å². The first kappa shape index (κ1) is 17.5. The molecule has 1 aromatic rings. The second-order valence-electron chi connectivity index (χ2n) is 6.41. The highest BCUT2D eigenvalue weighted by molar-refractivity contribution is 5.13. The Balaban J connectivity index is 1.98. The van der Waals surface area contributed by atoms with E-state index in [1.165, 1.54) is 5.56 Å². The number of benzene rings is 1. The van der Waals surface area contributed by atoms with Gasteiger partial charge in [0.05, 0.1) is 12.7 Å². The molecule has 5 atom stereocenters. The van der Waals surface area contributed by atoms with E-state index in [4.69, 9.17) is 14.2 Å². The van der Waals surface area contributed by atoms with Crippen LogP contribution in [0.3, 0.4) is 0 Å². The van der Waals surface area contributed by atoms with Crippen LogP contribution in [0.2, 0.25) is 0 Å². The molecule has 0 N–H and O–H groups in total. The summed E-state index contributed by atoms with van der Waals surface area (Å²) in [5, 5.41) is 0. The minimum Gasteiger partial charge on any atom is -0.368 e. The SMILES string of the molecule is CCCCO[C@H]1O[C@H](C)[C@@H](C)[C@H](C)[C@H]1OCc1ccccc1. The van der Waals surface area contributed by atoms with Gasteiger partial charge in [-0.3, -0.25) is 0 Å². The van der Waals surface area contributed by atoms with Crippen molar-refractivity contribution in [3.05, 3.63) is 35.9 Å². The highest BCUT2D eigenvalue weighted by atomic mass is 16.7. The minimum absolute atomic E-state index is 0.0109. The molecule has 1 saturated heterocycles. The summed E-state index contributed by atoms with van der Waals surface area (Å²) in [5.41, 5.74) is 1.19. The summed E-state index contributed by atoms with van der Waals surface area (Å²) in [5.74, 6) is 0.880. The van der Waals surface area contributed by atoms with E-state index < -0.39 is 0 Å². The molecule has 1 fully saturated rings. The summed E-state index contributed by atoms with van der Waals surface area (Å²) >= 11 is 0. The van der Waals surface area contributed by atoms with Crippen molar-refractivity contribution < 1.29 is 14.2 Å². The summed E-state index contributed by atoms with van der Waals surface area (Å²) in [6, 6.07) is 10.3. The predicted octanol–water partition coefficient (Wildman–Crippen LogP) is 4.41. The molecule has 1 heterocycles. The van der Waals surface area contributed by atoms with Gasteiger partial charge >= 0.3 is 0 Å². The van der Waals surface area contributed by atoms with Gasteiger partial charge < -0.3 is 14.2 Å². The van der Waals surface area contributed by atoms with E-state index in [1.54, 1.807) is 0 Å². The van der Waals surface area contributed by atoms with Crippen molar-refractivity contribution in [2.45, 2.75) is 65.6 Å². The van der Waals surface area contributed by atoms with E-state index in [0.29, 0.717) is 18.4 Å². The maximum Gasteiger partial charge on any atom is 0.184 e. The average Bonchev–Trinajstić information content (AvgIpc) is 2.53. The van der Waals surface area contributed by atoms with Gasteiger partial charge in [-0.2, -0.15) is 0 Å². The van der Waals surface area contributed by atoms with Crippen molar-refractivity contribution in [1.29, 1.82) is 0 Å². The summed E-state index contributed by atoms with van der Waals surface area (Å²) in [7, 11) is 0. The van der Waals surface area contributed by atoms with E-state index in [1.807, 2.05) is 18.2 Å². The Morgan fingerprint density at radius 1 is 1.00 bits per heavy atom. The van der Waals surface area contributed by atoms with E-state index in [-0.39, 0.29) is 18.5 Å². The lowest BCUT2D eigenvalue weighted by Crippen LogP contribution is -2.50. The number of hydrogen-bond acceptors (Lipinski definition) is 3. The van der Waals surface area contributed by atoms with E-state index in [9.17, 15) is 0 Å². The highest BCUT2D eigenvalue weighted by Gasteiger charge is 2.41. The molecule has 2 rings (SSSR count). The van der Waals surface area contributed by atoms with Crippen LogP contribution in [0.25, 0.3) is 0 Å². The smallest absolute Gasteiger partial charge is 0.184 e. The van der Waals surface area contributed by atoms with Gasteiger partial charge in [0.25, 0.3) is 0 Å². The fourth-order valence-electron chi connectivity index (χ4n) is 2.86. The van der Waals surface area contributed by atoms with Gasteiger partial charge in [-0.05, 0) is 30.7 Å². The lowest BCUT2D eigenvalue weighted by atomic mass is 9.84. The van der Waals surface area contributed by atoms with Crippen LogP contribution >= 0.6 is 0 Å². The molecular formula is C19H30O3. The van der Waals surface area contributed by atoms with Gasteiger partial charge in [-0.15, -0.1) is 0 Å². The molecule has 0 amide bonds. The number of rotatable bonds is 7. The lowest BCUT2D eigenvalue weighted by molar-refractivity contribution is -0.279. The van der Waals surface area contributed by atoms with E-state index >= 15 is 0 Å². The zero-order valence-corrected chi connectivity index (χ0v) is 14.3. The second-order valence-corrected chi connectivity index (χ2v) is 6.41. The zero-order valence-electron chi connectivity index (χ0n) is 14.3. The van der Waals surface area contributed by atoms with Crippen molar-refractivity contribution in [2.75, 3.05) is 6.61 Å². The van der Waals surface area contributed by atoms with Crippen LogP contribution < -0.4 is 0 Å². The Hall–Kier alpha value is -0.900. The fourth-order valence-corrected chi connectivity index (χ4v) is 2.86. The Bertz CT molecular complexity index is 420. The zero-order chi connectivity index (χ0) is 15.9. The number of unbranched alkanes of at least 4 members (excludes halogenated alkanes) is 1. The summed E-state index contributed by atoms with van der Waals surface area (Å²) in [6.45, 7) is 10.1. The molecule has 22 heavy (non-hydrogen) atoms. The molecule has 1 aliphatic rings. The van der Waals surface area contributed by atoms with Crippen LogP contribution in [0.5, 0.6) is 0 Å². The Kier molecular flexibility index (Phi) is 6.87. The first-order valence-electron chi connectivity index (χ1n) is 8.56. The van der Waals surface area contributed by atoms with Gasteiger partial charge in [-0.25, -0.2) is 0 Å². The van der Waals surface area contributed by atoms with Crippen LogP contribution in [-0.2, 0) is 20.8 Å². The van der Waals surface area contributed by atoms with Gasteiger partial charge in [0, 0.05) is 6.61 Å². The molecule has 0 bridgehead atoms. The molecule has 124 valence electrons. The first-order valence-corrected chi connectivity index (χ1v) is 8.56. The van der Waals surface area contributed by atoms with Crippen LogP contribution in [0.4, 0.5) is 0 Å². The minimum atomic E-state index is -0.253. The van der Waals surface area contributed by atoms with Gasteiger partial charge in [0.2, 0.25) is 0 Å². The molecular weight excluding hydrogens is 276 g/mol. The maximum atomic E-state index is 6.19. The molecule has 0 aromatic heterocycles. The standard InChI is InChI=1S/C19H30O3/c1-5-6-12-20-19-18(15(3)14(2)16(4)22-19)21-13-17-10-8-7-9-11-17/h7-11,14-16,18-19H,5-6,12-13H2,1-4H3/t14-,15-,16+,18+,19-/m0/s1. The lowest BCUT2D eigenvalue weighted by Gasteiger charge is -2.43. The summed E-state index contributed by atoms with van der Waals surface area (Å²) in [6.07, 6.45) is 2.13. The molecule has 0 aliphatic carbocycles. The van der Waals surface area contributed by atoms with Crippen molar-refractivity contribution >= 4 is 0 Å². The molecule has 0 saturated carbocycles. The average molecular weight is 306 g/mol. The van der Waals surface area contributed by atoms with Crippen LogP contribution in [0, 0.1) is 11.8 Å². The Morgan fingerprint density at radius 2 is 1.73 bits per heavy atom. The fraction of sp³-hybridized carbons (Fsp3) is 0.684. The third-order valence-electron chi connectivity index (χ3n) is 4.77. The van der Waals surface area contributed by atoms with Crippen molar-refractivity contribution in [1.82, 2.24) is 0 Å². The van der Waals surface area contributed by atoms with Gasteiger partial charge in [0.1, 0.15) is 6.10 Å². The first-order chi connectivity index (χ1) is 10.6. The quantitative estimate of drug-likeness (QED) is 0.699. The van der Waals surface area contributed by atoms with Crippen molar-refractivity contribution in [3.63, 3.8) is 0 Å². The molecule has 0 spiro atoms. The largest absolute Gasteiger partial charge is 0.368 e. The Morgan fingerprint density at radius 3 is 2.41 bits per heavy atom. The summed E-state index contributed by atoms with van der Waals surface area (Å²) in [4.78, 5) is 0.